The van der Waals surface area contributed by atoms with E-state index in [4.69, 9.17) is 5.11 Å². The average molecular weight is 395 g/mol. The molecule has 29 heavy (non-hydrogen) atoms. The molecule has 150 valence electrons. The number of aromatic nitrogens is 2. The summed E-state index contributed by atoms with van der Waals surface area (Å²) in [4.78, 5) is 28.3. The maximum absolute atomic E-state index is 12.3. The highest BCUT2D eigenvalue weighted by Crippen LogP contribution is 2.41. The van der Waals surface area contributed by atoms with E-state index in [1.54, 1.807) is 0 Å². The molecule has 0 saturated carbocycles. The van der Waals surface area contributed by atoms with Crippen LogP contribution in [0.15, 0.2) is 23.0 Å². The lowest BCUT2D eigenvalue weighted by molar-refractivity contribution is 0.142. The number of pyridine rings is 1. The molecule has 8 heteroatoms. The van der Waals surface area contributed by atoms with Crippen molar-refractivity contribution in [1.82, 2.24) is 14.5 Å². The smallest absolute Gasteiger partial charge is 0.504 e. The second-order valence-electron chi connectivity index (χ2n) is 7.75. The van der Waals surface area contributed by atoms with Gasteiger partial charge in [0, 0.05) is 41.3 Å². The van der Waals surface area contributed by atoms with Crippen LogP contribution in [-0.4, -0.2) is 43.9 Å². The van der Waals surface area contributed by atoms with E-state index in [-0.39, 0.29) is 0 Å². The summed E-state index contributed by atoms with van der Waals surface area (Å²) in [7, 11) is 2.07. The quantitative estimate of drug-likeness (QED) is 0.589. The second-order valence-corrected chi connectivity index (χ2v) is 7.75. The Balaban J connectivity index is 1.63. The molecule has 2 aliphatic rings. The van der Waals surface area contributed by atoms with Gasteiger partial charge in [0.1, 0.15) is 0 Å². The molecule has 2 aromatic heterocycles. The van der Waals surface area contributed by atoms with E-state index in [0.717, 1.165) is 41.7 Å². The van der Waals surface area contributed by atoms with Crippen LogP contribution in [0, 0.1) is 0 Å². The highest BCUT2D eigenvalue weighted by Gasteiger charge is 2.26. The third-order valence-electron chi connectivity index (χ3n) is 6.05. The zero-order valence-corrected chi connectivity index (χ0v) is 16.0. The number of fused-ring (bicyclic) bond motifs is 4. The number of rotatable bonds is 3. The number of ether oxygens (including phenoxy) is 1. The van der Waals surface area contributed by atoms with Gasteiger partial charge < -0.3 is 24.5 Å². The summed E-state index contributed by atoms with van der Waals surface area (Å²) >= 11 is 0. The molecule has 0 spiro atoms. The van der Waals surface area contributed by atoms with E-state index < -0.39 is 23.2 Å². The summed E-state index contributed by atoms with van der Waals surface area (Å²) in [6.45, 7) is 3.18. The number of nitrogens with one attached hydrogen (secondary N) is 1. The molecule has 0 radical (unpaired) electrons. The zero-order chi connectivity index (χ0) is 20.3. The van der Waals surface area contributed by atoms with Crippen LogP contribution in [0.2, 0.25) is 0 Å². The van der Waals surface area contributed by atoms with Crippen LogP contribution in [0.3, 0.4) is 0 Å². The predicted octanol–water partition coefficient (Wildman–Crippen LogP) is 2.60. The fraction of sp³-hybridized carbons (Fsp3) is 0.333. The molecule has 0 atom stereocenters. The van der Waals surface area contributed by atoms with Gasteiger partial charge >= 0.3 is 6.16 Å². The summed E-state index contributed by atoms with van der Waals surface area (Å²) in [6, 6.07) is 6.35. The molecule has 3 aromatic rings. The lowest BCUT2D eigenvalue weighted by Crippen LogP contribution is -2.36. The maximum atomic E-state index is 12.3. The molecule has 1 saturated heterocycles. The van der Waals surface area contributed by atoms with Gasteiger partial charge in [0.25, 0.3) is 5.56 Å². The van der Waals surface area contributed by atoms with Crippen LogP contribution < -0.4 is 10.3 Å². The summed E-state index contributed by atoms with van der Waals surface area (Å²) in [6.07, 6.45) is 0.774. The first-order valence-electron chi connectivity index (χ1n) is 9.65. The van der Waals surface area contributed by atoms with Crippen molar-refractivity contribution < 1.29 is 19.7 Å². The topological polar surface area (TPSA) is 108 Å². The van der Waals surface area contributed by atoms with Crippen molar-refractivity contribution in [3.05, 3.63) is 45.4 Å². The van der Waals surface area contributed by atoms with E-state index in [1.165, 1.54) is 12.1 Å². The van der Waals surface area contributed by atoms with E-state index >= 15 is 0 Å². The van der Waals surface area contributed by atoms with Crippen molar-refractivity contribution in [3.8, 4) is 22.8 Å². The van der Waals surface area contributed by atoms with E-state index in [1.807, 2.05) is 6.07 Å². The Kier molecular flexibility index (Phi) is 3.92. The number of aromatic hydroxyl groups is 1. The Morgan fingerprint density at radius 1 is 1.24 bits per heavy atom. The predicted molar refractivity (Wildman–Crippen MR) is 107 cm³/mol. The van der Waals surface area contributed by atoms with Crippen LogP contribution in [0.4, 0.5) is 4.79 Å². The molecule has 0 unspecified atom stereocenters. The Hall–Kier alpha value is -3.26. The summed E-state index contributed by atoms with van der Waals surface area (Å²) < 4.78 is 6.70. The Morgan fingerprint density at radius 3 is 2.72 bits per heavy atom. The second kappa shape index (κ2) is 6.38. The molecule has 3 N–H and O–H groups in total. The first kappa shape index (κ1) is 17.8. The molecule has 1 fully saturated rings. The van der Waals surface area contributed by atoms with Crippen molar-refractivity contribution in [1.29, 1.82) is 0 Å². The van der Waals surface area contributed by atoms with Gasteiger partial charge in [-0.3, -0.25) is 9.69 Å². The fourth-order valence-corrected chi connectivity index (χ4v) is 4.37. The van der Waals surface area contributed by atoms with Gasteiger partial charge in [0.05, 0.1) is 5.69 Å². The number of benzene rings is 1. The number of hydrogen-bond acceptors (Lipinski definition) is 5. The van der Waals surface area contributed by atoms with Crippen LogP contribution in [0.5, 0.6) is 11.5 Å². The molecular weight excluding hydrogens is 374 g/mol. The van der Waals surface area contributed by atoms with Crippen molar-refractivity contribution in [2.24, 2.45) is 7.05 Å². The monoisotopic (exact) mass is 395 g/mol. The van der Waals surface area contributed by atoms with Crippen LogP contribution in [0.25, 0.3) is 22.2 Å². The van der Waals surface area contributed by atoms with Gasteiger partial charge in [-0.15, -0.1) is 0 Å². The lowest BCUT2D eigenvalue weighted by Gasteiger charge is -2.30. The molecule has 5 rings (SSSR count). The largest absolute Gasteiger partial charge is 0.511 e. The molecule has 8 nitrogen and oxygen atoms in total. The maximum Gasteiger partial charge on any atom is 0.511 e. The molecule has 0 bridgehead atoms. The molecule has 1 aromatic carbocycles. The molecular formula is C21H21N3O5. The highest BCUT2D eigenvalue weighted by molar-refractivity contribution is 5.89. The van der Waals surface area contributed by atoms with Gasteiger partial charge in [0.2, 0.25) is 5.75 Å². The minimum absolute atomic E-state index is 0.400. The number of nitrogens with zero attached hydrogens (tertiary/aromatic N) is 2. The minimum Gasteiger partial charge on any atom is -0.504 e. The third kappa shape index (κ3) is 2.79. The Bertz CT molecular complexity index is 1220. The SMILES string of the molecule is Cn1c(CN2CCC2)cc2cc3c(cc21)CCc1c-3[nH]c(=O)c(OC(=O)O)c1O. The molecule has 1 aliphatic heterocycles. The van der Waals surface area contributed by atoms with E-state index in [0.29, 0.717) is 24.1 Å². The number of aryl methyl sites for hydroxylation is 2. The van der Waals surface area contributed by atoms with Gasteiger partial charge in [-0.05, 0) is 56.1 Å². The van der Waals surface area contributed by atoms with Crippen LogP contribution in [-0.2, 0) is 26.4 Å². The zero-order valence-electron chi connectivity index (χ0n) is 16.0. The molecule has 1 aliphatic carbocycles. The van der Waals surface area contributed by atoms with Crippen LogP contribution in [0.1, 0.15) is 23.2 Å². The number of hydrogen-bond donors (Lipinski definition) is 3. The Morgan fingerprint density at radius 2 is 2.03 bits per heavy atom. The van der Waals surface area contributed by atoms with Gasteiger partial charge in [-0.25, -0.2) is 4.79 Å². The van der Waals surface area contributed by atoms with Crippen molar-refractivity contribution >= 4 is 17.1 Å². The molecule has 0 amide bonds. The van der Waals surface area contributed by atoms with Crippen molar-refractivity contribution in [2.45, 2.75) is 25.8 Å². The standard InChI is InChI=1S/C21H21N3O5/c1-23-13(10-24-5-2-6-24)7-12-8-15-11(9-16(12)23)3-4-14-17(15)22-20(26)19(18(14)25)29-21(27)28/h7-9H,2-6,10H2,1H3,(H,27,28)(H2,22,25,26). The number of likely N-dealkylation sites (tertiary alicyclic amines) is 1. The van der Waals surface area contributed by atoms with Gasteiger partial charge in [-0.1, -0.05) is 0 Å². The lowest BCUT2D eigenvalue weighted by atomic mass is 9.87. The fourth-order valence-electron chi connectivity index (χ4n) is 4.37. The number of H-pyrrole nitrogens is 1. The van der Waals surface area contributed by atoms with E-state index in [9.17, 15) is 14.7 Å². The minimum atomic E-state index is -1.64. The summed E-state index contributed by atoms with van der Waals surface area (Å²) in [5.74, 6) is -0.972. The summed E-state index contributed by atoms with van der Waals surface area (Å²) in [5.41, 5.74) is 4.59. The first-order chi connectivity index (χ1) is 13.9. The highest BCUT2D eigenvalue weighted by atomic mass is 16.7. The Labute approximate surface area is 166 Å². The van der Waals surface area contributed by atoms with Gasteiger partial charge in [0.15, 0.2) is 5.75 Å². The average Bonchev–Trinajstić information content (AvgIpc) is 2.95. The van der Waals surface area contributed by atoms with Crippen molar-refractivity contribution in [2.75, 3.05) is 13.1 Å². The first-order valence-corrected chi connectivity index (χ1v) is 9.65. The number of carbonyl (C=O) groups is 1. The van der Waals surface area contributed by atoms with Crippen LogP contribution >= 0.6 is 0 Å². The number of aromatic amines is 1. The summed E-state index contributed by atoms with van der Waals surface area (Å²) in [5, 5.41) is 20.4. The van der Waals surface area contributed by atoms with E-state index in [2.05, 4.69) is 38.4 Å². The molecule has 3 heterocycles. The normalized spacial score (nSPS) is 15.6. The van der Waals surface area contributed by atoms with Gasteiger partial charge in [-0.2, -0.15) is 0 Å². The third-order valence-corrected chi connectivity index (χ3v) is 6.05. The number of carboxylic acid groups (broad SMARTS) is 1. The van der Waals surface area contributed by atoms with Crippen molar-refractivity contribution in [3.63, 3.8) is 0 Å².